The molecule has 2 heterocycles. The number of carbonyl (C=O) groups is 4. The first-order valence-corrected chi connectivity index (χ1v) is 7.95. The second-order valence-electron chi connectivity index (χ2n) is 4.76. The van der Waals surface area contributed by atoms with Crippen LogP contribution in [0.4, 0.5) is 0 Å². The van der Waals surface area contributed by atoms with Crippen LogP contribution >= 0.6 is 23.4 Å². The largest absolute Gasteiger partial charge is 0.477 e. The summed E-state index contributed by atoms with van der Waals surface area (Å²) < 4.78 is 0. The van der Waals surface area contributed by atoms with E-state index in [1.807, 2.05) is 0 Å². The molecule has 0 aromatic carbocycles. The SMILES string of the molecule is CC(=O)NCC1=C(C(=O)O)N2C(=O)C(NC(=O)CCl)[C@@H]2SC1. The van der Waals surface area contributed by atoms with Crippen molar-refractivity contribution >= 4 is 47.1 Å². The quantitative estimate of drug-likeness (QED) is 0.438. The molecule has 22 heavy (non-hydrogen) atoms. The van der Waals surface area contributed by atoms with E-state index in [-0.39, 0.29) is 24.0 Å². The number of nitrogens with zero attached hydrogens (tertiary/aromatic N) is 1. The molecule has 2 aliphatic rings. The number of carbonyl (C=O) groups excluding carboxylic acids is 3. The highest BCUT2D eigenvalue weighted by molar-refractivity contribution is 8.00. The average molecular weight is 348 g/mol. The minimum atomic E-state index is -1.24. The van der Waals surface area contributed by atoms with Gasteiger partial charge < -0.3 is 15.7 Å². The lowest BCUT2D eigenvalue weighted by atomic mass is 10.0. The number of alkyl halides is 1. The number of carboxylic acids is 1. The van der Waals surface area contributed by atoms with E-state index in [1.165, 1.54) is 18.7 Å². The van der Waals surface area contributed by atoms with Crippen molar-refractivity contribution in [2.45, 2.75) is 18.3 Å². The molecule has 3 N–H and O–H groups in total. The van der Waals surface area contributed by atoms with Crippen molar-refractivity contribution in [3.63, 3.8) is 0 Å². The number of β-lactam (4-membered cyclic amide) rings is 1. The highest BCUT2D eigenvalue weighted by Crippen LogP contribution is 2.40. The summed E-state index contributed by atoms with van der Waals surface area (Å²) in [5, 5.41) is 13.9. The molecular weight excluding hydrogens is 334 g/mol. The van der Waals surface area contributed by atoms with Crippen molar-refractivity contribution < 1.29 is 24.3 Å². The molecule has 3 amide bonds. The first-order valence-electron chi connectivity index (χ1n) is 6.36. The normalized spacial score (nSPS) is 23.5. The van der Waals surface area contributed by atoms with Gasteiger partial charge in [0, 0.05) is 19.2 Å². The fourth-order valence-corrected chi connectivity index (χ4v) is 3.69. The predicted octanol–water partition coefficient (Wildman–Crippen LogP) is -0.900. The van der Waals surface area contributed by atoms with E-state index in [4.69, 9.17) is 11.6 Å². The maximum atomic E-state index is 12.1. The molecule has 2 rings (SSSR count). The van der Waals surface area contributed by atoms with Gasteiger partial charge in [0.05, 0.1) is 0 Å². The van der Waals surface area contributed by atoms with Crippen molar-refractivity contribution in [1.29, 1.82) is 0 Å². The maximum absolute atomic E-state index is 12.1. The third-order valence-corrected chi connectivity index (χ3v) is 4.82. The number of carboxylic acid groups (broad SMARTS) is 1. The molecule has 120 valence electrons. The minimum absolute atomic E-state index is 0.0686. The minimum Gasteiger partial charge on any atom is -0.477 e. The standard InChI is InChI=1S/C12H14ClN3O5S/c1-5(17)14-3-6-4-22-11-8(15-7(18)2-13)10(19)16(11)9(6)12(20)21/h8,11H,2-4H2,1H3,(H,14,17)(H,15,18)(H,20,21)/t8?,11-/m0/s1. The lowest BCUT2D eigenvalue weighted by Gasteiger charge is -2.49. The second kappa shape index (κ2) is 6.57. The Morgan fingerprint density at radius 1 is 1.45 bits per heavy atom. The number of nitrogens with one attached hydrogen (secondary N) is 2. The zero-order valence-electron chi connectivity index (χ0n) is 11.6. The van der Waals surface area contributed by atoms with Crippen molar-refractivity contribution in [3.05, 3.63) is 11.3 Å². The van der Waals surface area contributed by atoms with E-state index in [0.29, 0.717) is 11.3 Å². The molecule has 1 saturated heterocycles. The number of hydrogen-bond acceptors (Lipinski definition) is 5. The highest BCUT2D eigenvalue weighted by atomic mass is 35.5. The Kier molecular flexibility index (Phi) is 4.97. The summed E-state index contributed by atoms with van der Waals surface area (Å²) in [5.41, 5.74) is 0.332. The summed E-state index contributed by atoms with van der Waals surface area (Å²) in [6.45, 7) is 1.39. The molecule has 1 fully saturated rings. The van der Waals surface area contributed by atoms with Gasteiger partial charge in [-0.25, -0.2) is 4.79 Å². The fraction of sp³-hybridized carbons (Fsp3) is 0.500. The van der Waals surface area contributed by atoms with Crippen LogP contribution in [0.5, 0.6) is 0 Å². The molecule has 8 nitrogen and oxygen atoms in total. The molecule has 0 radical (unpaired) electrons. The fourth-order valence-electron chi connectivity index (χ4n) is 2.26. The smallest absolute Gasteiger partial charge is 0.352 e. The van der Waals surface area contributed by atoms with Crippen LogP contribution in [0.3, 0.4) is 0 Å². The van der Waals surface area contributed by atoms with Gasteiger partial charge in [0.25, 0.3) is 5.91 Å². The van der Waals surface area contributed by atoms with Crippen molar-refractivity contribution in [2.24, 2.45) is 0 Å². The number of halogens is 1. The zero-order valence-corrected chi connectivity index (χ0v) is 13.2. The Morgan fingerprint density at radius 3 is 2.68 bits per heavy atom. The molecule has 0 aromatic heterocycles. The van der Waals surface area contributed by atoms with E-state index in [1.54, 1.807) is 0 Å². The van der Waals surface area contributed by atoms with E-state index in [2.05, 4.69) is 10.6 Å². The van der Waals surface area contributed by atoms with Crippen LogP contribution < -0.4 is 10.6 Å². The van der Waals surface area contributed by atoms with E-state index in [9.17, 15) is 24.3 Å². The van der Waals surface area contributed by atoms with Crippen molar-refractivity contribution in [2.75, 3.05) is 18.2 Å². The monoisotopic (exact) mass is 347 g/mol. The number of rotatable bonds is 5. The van der Waals surface area contributed by atoms with E-state index < -0.39 is 29.2 Å². The summed E-state index contributed by atoms with van der Waals surface area (Å²) in [6, 6.07) is -0.770. The Balaban J connectivity index is 2.19. The van der Waals surface area contributed by atoms with Crippen molar-refractivity contribution in [3.8, 4) is 0 Å². The van der Waals surface area contributed by atoms with Gasteiger partial charge in [0.15, 0.2) is 0 Å². The number of aliphatic carboxylic acids is 1. The molecule has 0 bridgehead atoms. The lowest BCUT2D eigenvalue weighted by Crippen LogP contribution is -2.70. The maximum Gasteiger partial charge on any atom is 0.352 e. The van der Waals surface area contributed by atoms with Gasteiger partial charge in [-0.2, -0.15) is 0 Å². The summed E-state index contributed by atoms with van der Waals surface area (Å²) in [5.74, 6) is -2.41. The Morgan fingerprint density at radius 2 is 2.14 bits per heavy atom. The summed E-state index contributed by atoms with van der Waals surface area (Å²) in [6.07, 6.45) is 0. The summed E-state index contributed by atoms with van der Waals surface area (Å²) >= 11 is 6.72. The van der Waals surface area contributed by atoms with Gasteiger partial charge in [0.2, 0.25) is 11.8 Å². The van der Waals surface area contributed by atoms with E-state index >= 15 is 0 Å². The third kappa shape index (κ3) is 3.05. The number of fused-ring (bicyclic) bond motifs is 1. The number of hydrogen-bond donors (Lipinski definition) is 3. The summed E-state index contributed by atoms with van der Waals surface area (Å²) in [7, 11) is 0. The molecule has 1 unspecified atom stereocenters. The molecular formula is C12H14ClN3O5S. The molecule has 0 aromatic rings. The number of amides is 3. The molecule has 10 heteroatoms. The molecule has 2 atom stereocenters. The molecule has 0 aliphatic carbocycles. The molecule has 2 aliphatic heterocycles. The Labute approximate surface area is 135 Å². The van der Waals surface area contributed by atoms with Crippen LogP contribution in [0.15, 0.2) is 11.3 Å². The highest BCUT2D eigenvalue weighted by Gasteiger charge is 2.54. The van der Waals surface area contributed by atoms with Crippen LogP contribution in [0.25, 0.3) is 0 Å². The van der Waals surface area contributed by atoms with Gasteiger partial charge >= 0.3 is 5.97 Å². The Bertz CT molecular complexity index is 579. The second-order valence-corrected chi connectivity index (χ2v) is 6.13. The third-order valence-electron chi connectivity index (χ3n) is 3.24. The van der Waals surface area contributed by atoms with Crippen LogP contribution in [-0.4, -0.2) is 63.3 Å². The lowest BCUT2D eigenvalue weighted by molar-refractivity contribution is -0.150. The zero-order chi connectivity index (χ0) is 16.4. The number of thioether (sulfide) groups is 1. The predicted molar refractivity (Wildman–Crippen MR) is 79.1 cm³/mol. The average Bonchev–Trinajstić information content (AvgIpc) is 2.48. The topological polar surface area (TPSA) is 116 Å². The Hall–Kier alpha value is -1.74. The molecule has 0 spiro atoms. The van der Waals surface area contributed by atoms with Gasteiger partial charge in [-0.15, -0.1) is 23.4 Å². The van der Waals surface area contributed by atoms with Crippen LogP contribution in [0, 0.1) is 0 Å². The van der Waals surface area contributed by atoms with Gasteiger partial charge in [-0.05, 0) is 5.57 Å². The van der Waals surface area contributed by atoms with Gasteiger partial charge in [0.1, 0.15) is 23.0 Å². The van der Waals surface area contributed by atoms with Crippen LogP contribution in [0.2, 0.25) is 0 Å². The first kappa shape index (κ1) is 16.6. The molecule has 0 saturated carbocycles. The van der Waals surface area contributed by atoms with Crippen LogP contribution in [-0.2, 0) is 19.2 Å². The van der Waals surface area contributed by atoms with Gasteiger partial charge in [-0.3, -0.25) is 19.3 Å². The summed E-state index contributed by atoms with van der Waals surface area (Å²) in [4.78, 5) is 47.0. The van der Waals surface area contributed by atoms with E-state index in [0.717, 1.165) is 4.90 Å². The van der Waals surface area contributed by atoms with Crippen molar-refractivity contribution in [1.82, 2.24) is 15.5 Å². The van der Waals surface area contributed by atoms with Gasteiger partial charge in [-0.1, -0.05) is 0 Å². The first-order chi connectivity index (χ1) is 10.4. The van der Waals surface area contributed by atoms with Crippen LogP contribution in [0.1, 0.15) is 6.92 Å².